The minimum absolute atomic E-state index is 0.0583. The minimum Gasteiger partial charge on any atom is -0.494 e. The van der Waals surface area contributed by atoms with E-state index >= 15 is 0 Å². The Bertz CT molecular complexity index is 722. The largest absolute Gasteiger partial charge is 0.494 e. The highest BCUT2D eigenvalue weighted by Crippen LogP contribution is 2.29. The van der Waals surface area contributed by atoms with Crippen LogP contribution in [0.25, 0.3) is 0 Å². The summed E-state index contributed by atoms with van der Waals surface area (Å²) in [5, 5.41) is 2.76. The molecule has 0 aliphatic heterocycles. The van der Waals surface area contributed by atoms with Crippen molar-refractivity contribution < 1.29 is 27.8 Å². The second-order valence-electron chi connectivity index (χ2n) is 5.01. The van der Waals surface area contributed by atoms with E-state index in [0.717, 1.165) is 0 Å². The average Bonchev–Trinajstić information content (AvgIpc) is 2.60. The van der Waals surface area contributed by atoms with Gasteiger partial charge in [-0.05, 0) is 42.8 Å². The van der Waals surface area contributed by atoms with Gasteiger partial charge in [0.05, 0.1) is 13.7 Å². The van der Waals surface area contributed by atoms with Crippen molar-refractivity contribution in [2.45, 2.75) is 20.1 Å². The molecule has 1 N–H and O–H groups in total. The van der Waals surface area contributed by atoms with Crippen molar-refractivity contribution in [3.8, 4) is 17.2 Å². The summed E-state index contributed by atoms with van der Waals surface area (Å²) in [6.07, 6.45) is 0. The fraction of sp³-hybridized carbons (Fsp3) is 0.278. The molecule has 0 aliphatic carbocycles. The molecule has 0 bridgehead atoms. The topological polar surface area (TPSA) is 56.8 Å². The quantitative estimate of drug-likeness (QED) is 0.789. The molecule has 0 heterocycles. The minimum atomic E-state index is -2.93. The molecule has 0 unspecified atom stereocenters. The monoisotopic (exact) mass is 351 g/mol. The Morgan fingerprint density at radius 3 is 2.64 bits per heavy atom. The number of hydrogen-bond acceptors (Lipinski definition) is 4. The van der Waals surface area contributed by atoms with Gasteiger partial charge in [0.25, 0.3) is 5.91 Å². The molecule has 0 radical (unpaired) electrons. The van der Waals surface area contributed by atoms with Crippen LogP contribution in [0.15, 0.2) is 42.5 Å². The fourth-order valence-electron chi connectivity index (χ4n) is 2.19. The molecule has 0 fully saturated rings. The van der Waals surface area contributed by atoms with E-state index in [4.69, 9.17) is 9.47 Å². The molecule has 2 aromatic rings. The van der Waals surface area contributed by atoms with Crippen molar-refractivity contribution in [2.75, 3.05) is 13.7 Å². The molecular formula is C18H19F2NO4. The molecule has 7 heteroatoms. The standard InChI is InChI=1S/C18H19F2NO4/c1-3-24-14-6-4-5-13(10-14)17(22)21-11-12-7-8-15(25-18(19)20)16(9-12)23-2/h4-10,18H,3,11H2,1-2H3,(H,21,22). The van der Waals surface area contributed by atoms with Crippen molar-refractivity contribution in [1.29, 1.82) is 0 Å². The van der Waals surface area contributed by atoms with Gasteiger partial charge in [0, 0.05) is 12.1 Å². The van der Waals surface area contributed by atoms with Crippen LogP contribution in [0.5, 0.6) is 17.2 Å². The summed E-state index contributed by atoms with van der Waals surface area (Å²) in [5.74, 6) is 0.459. The van der Waals surface area contributed by atoms with Crippen LogP contribution in [-0.4, -0.2) is 26.2 Å². The van der Waals surface area contributed by atoms with Gasteiger partial charge in [-0.1, -0.05) is 12.1 Å². The second-order valence-corrected chi connectivity index (χ2v) is 5.01. The maximum absolute atomic E-state index is 12.3. The van der Waals surface area contributed by atoms with Crippen LogP contribution in [0.4, 0.5) is 8.78 Å². The van der Waals surface area contributed by atoms with Crippen LogP contribution < -0.4 is 19.5 Å². The number of carbonyl (C=O) groups is 1. The first-order chi connectivity index (χ1) is 12.0. The van der Waals surface area contributed by atoms with Gasteiger partial charge in [-0.25, -0.2) is 0 Å². The summed E-state index contributed by atoms with van der Waals surface area (Å²) < 4.78 is 39.4. The Balaban J connectivity index is 2.03. The lowest BCUT2D eigenvalue weighted by Crippen LogP contribution is -2.22. The molecule has 25 heavy (non-hydrogen) atoms. The number of nitrogens with one attached hydrogen (secondary N) is 1. The van der Waals surface area contributed by atoms with Gasteiger partial charge in [-0.2, -0.15) is 8.78 Å². The molecule has 0 atom stereocenters. The van der Waals surface area contributed by atoms with E-state index in [1.165, 1.54) is 19.2 Å². The third-order valence-corrected chi connectivity index (χ3v) is 3.30. The number of benzene rings is 2. The maximum atomic E-state index is 12.3. The summed E-state index contributed by atoms with van der Waals surface area (Å²) in [6, 6.07) is 11.3. The number of alkyl halides is 2. The van der Waals surface area contributed by atoms with Gasteiger partial charge >= 0.3 is 6.61 Å². The first-order valence-electron chi connectivity index (χ1n) is 7.66. The number of rotatable bonds is 8. The SMILES string of the molecule is CCOc1cccc(C(=O)NCc2ccc(OC(F)F)c(OC)c2)c1. The van der Waals surface area contributed by atoms with E-state index in [-0.39, 0.29) is 24.0 Å². The average molecular weight is 351 g/mol. The van der Waals surface area contributed by atoms with Crippen LogP contribution in [-0.2, 0) is 6.54 Å². The number of ether oxygens (including phenoxy) is 3. The predicted octanol–water partition coefficient (Wildman–Crippen LogP) is 3.63. The van der Waals surface area contributed by atoms with E-state index in [2.05, 4.69) is 10.1 Å². The van der Waals surface area contributed by atoms with Crippen LogP contribution in [0.3, 0.4) is 0 Å². The highest BCUT2D eigenvalue weighted by molar-refractivity contribution is 5.94. The number of halogens is 2. The van der Waals surface area contributed by atoms with Crippen LogP contribution in [0.1, 0.15) is 22.8 Å². The fourth-order valence-corrected chi connectivity index (χ4v) is 2.19. The third kappa shape index (κ3) is 5.34. The van der Waals surface area contributed by atoms with Gasteiger partial charge in [0.2, 0.25) is 0 Å². The van der Waals surface area contributed by atoms with Crippen LogP contribution in [0.2, 0.25) is 0 Å². The molecule has 0 aromatic heterocycles. The van der Waals surface area contributed by atoms with Gasteiger partial charge in [0.1, 0.15) is 5.75 Å². The zero-order chi connectivity index (χ0) is 18.2. The highest BCUT2D eigenvalue weighted by atomic mass is 19.3. The van der Waals surface area contributed by atoms with Crippen molar-refractivity contribution >= 4 is 5.91 Å². The number of methoxy groups -OCH3 is 1. The first kappa shape index (κ1) is 18.5. The van der Waals surface area contributed by atoms with Crippen LogP contribution in [0, 0.1) is 0 Å². The third-order valence-electron chi connectivity index (χ3n) is 3.30. The molecule has 134 valence electrons. The second kappa shape index (κ2) is 8.86. The summed E-state index contributed by atoms with van der Waals surface area (Å²) in [4.78, 5) is 12.2. The zero-order valence-corrected chi connectivity index (χ0v) is 13.9. The Morgan fingerprint density at radius 1 is 1.16 bits per heavy atom. The van der Waals surface area contributed by atoms with Gasteiger partial charge < -0.3 is 19.5 Å². The van der Waals surface area contributed by atoms with Crippen molar-refractivity contribution in [2.24, 2.45) is 0 Å². The maximum Gasteiger partial charge on any atom is 0.387 e. The molecule has 2 aromatic carbocycles. The molecule has 0 saturated heterocycles. The Labute approximate surface area is 144 Å². The highest BCUT2D eigenvalue weighted by Gasteiger charge is 2.12. The Kier molecular flexibility index (Phi) is 6.56. The molecule has 1 amide bonds. The smallest absolute Gasteiger partial charge is 0.387 e. The lowest BCUT2D eigenvalue weighted by Gasteiger charge is -2.12. The lowest BCUT2D eigenvalue weighted by atomic mass is 10.1. The van der Waals surface area contributed by atoms with E-state index < -0.39 is 6.61 Å². The van der Waals surface area contributed by atoms with E-state index in [1.54, 1.807) is 30.3 Å². The van der Waals surface area contributed by atoms with Gasteiger partial charge in [0.15, 0.2) is 11.5 Å². The lowest BCUT2D eigenvalue weighted by molar-refractivity contribution is -0.0512. The van der Waals surface area contributed by atoms with Gasteiger partial charge in [-0.3, -0.25) is 4.79 Å². The normalized spacial score (nSPS) is 10.4. The van der Waals surface area contributed by atoms with E-state index in [0.29, 0.717) is 23.5 Å². The number of hydrogen-bond donors (Lipinski definition) is 1. The van der Waals surface area contributed by atoms with E-state index in [1.807, 2.05) is 6.92 Å². The summed E-state index contributed by atoms with van der Waals surface area (Å²) >= 11 is 0. The summed E-state index contributed by atoms with van der Waals surface area (Å²) in [5.41, 5.74) is 1.16. The molecule has 0 aliphatic rings. The van der Waals surface area contributed by atoms with Crippen molar-refractivity contribution in [1.82, 2.24) is 5.32 Å². The Morgan fingerprint density at radius 2 is 1.96 bits per heavy atom. The number of carbonyl (C=O) groups excluding carboxylic acids is 1. The van der Waals surface area contributed by atoms with E-state index in [9.17, 15) is 13.6 Å². The zero-order valence-electron chi connectivity index (χ0n) is 13.9. The molecule has 0 spiro atoms. The van der Waals surface area contributed by atoms with Crippen molar-refractivity contribution in [3.63, 3.8) is 0 Å². The Hall–Kier alpha value is -2.83. The van der Waals surface area contributed by atoms with Crippen molar-refractivity contribution in [3.05, 3.63) is 53.6 Å². The molecule has 5 nitrogen and oxygen atoms in total. The first-order valence-corrected chi connectivity index (χ1v) is 7.66. The van der Waals surface area contributed by atoms with Gasteiger partial charge in [-0.15, -0.1) is 0 Å². The number of amides is 1. The summed E-state index contributed by atoms with van der Waals surface area (Å²) in [6.45, 7) is -0.347. The molecular weight excluding hydrogens is 332 g/mol. The van der Waals surface area contributed by atoms with Crippen LogP contribution >= 0.6 is 0 Å². The molecule has 0 saturated carbocycles. The summed E-state index contributed by atoms with van der Waals surface area (Å²) in [7, 11) is 1.36. The predicted molar refractivity (Wildman–Crippen MR) is 88.4 cm³/mol. The molecule has 2 rings (SSSR count).